The average molecular weight is 373 g/mol. The van der Waals surface area contributed by atoms with Crippen LogP contribution in [0.25, 0.3) is 0 Å². The topological polar surface area (TPSA) is 32.3 Å². The highest BCUT2D eigenvalue weighted by atomic mass is 32.2. The molecule has 5 fully saturated rings. The second-order valence-corrected chi connectivity index (χ2v) is 11.1. The summed E-state index contributed by atoms with van der Waals surface area (Å²) in [7, 11) is -0.846. The fourth-order valence-corrected chi connectivity index (χ4v) is 8.50. The molecule has 0 radical (unpaired) electrons. The first kappa shape index (κ1) is 17.4. The molecule has 1 aromatic carbocycles. The predicted molar refractivity (Wildman–Crippen MR) is 107 cm³/mol. The zero-order chi connectivity index (χ0) is 17.6. The van der Waals surface area contributed by atoms with Crippen LogP contribution in [0.5, 0.6) is 0 Å². The Labute approximate surface area is 160 Å². The predicted octanol–water partition coefficient (Wildman–Crippen LogP) is 3.53. The number of benzene rings is 1. The Kier molecular flexibility index (Phi) is 4.70. The third kappa shape index (κ3) is 3.41. The quantitative estimate of drug-likeness (QED) is 0.829. The molecule has 6 rings (SSSR count). The van der Waals surface area contributed by atoms with Crippen LogP contribution in [0, 0.1) is 17.8 Å². The van der Waals surface area contributed by atoms with E-state index in [-0.39, 0.29) is 4.75 Å². The van der Waals surface area contributed by atoms with E-state index in [0.717, 1.165) is 50.2 Å². The zero-order valence-electron chi connectivity index (χ0n) is 15.7. The van der Waals surface area contributed by atoms with Crippen molar-refractivity contribution in [3.8, 4) is 0 Å². The molecule has 1 heterocycles. The first-order valence-corrected chi connectivity index (χ1v) is 11.8. The van der Waals surface area contributed by atoms with Gasteiger partial charge in [-0.1, -0.05) is 30.3 Å². The Hall–Kier alpha value is -0.710. The minimum Gasteiger partial charge on any atom is -0.301 e. The van der Waals surface area contributed by atoms with Gasteiger partial charge >= 0.3 is 0 Å². The molecular formula is C22H32N2OS. The third-order valence-corrected chi connectivity index (χ3v) is 9.31. The molecule has 5 aliphatic rings. The molecule has 1 aliphatic heterocycles. The normalized spacial score (nSPS) is 40.2. The van der Waals surface area contributed by atoms with Crippen LogP contribution in [0.1, 0.15) is 50.5 Å². The molecule has 1 N–H and O–H groups in total. The first-order valence-electron chi connectivity index (χ1n) is 10.6. The lowest BCUT2D eigenvalue weighted by molar-refractivity contribution is 0.0355. The van der Waals surface area contributed by atoms with Gasteiger partial charge in [0.15, 0.2) is 0 Å². The highest BCUT2D eigenvalue weighted by Gasteiger charge is 2.54. The van der Waals surface area contributed by atoms with E-state index >= 15 is 0 Å². The summed E-state index contributed by atoms with van der Waals surface area (Å²) in [5.74, 6) is 2.62. The molecule has 4 saturated carbocycles. The van der Waals surface area contributed by atoms with Crippen molar-refractivity contribution < 1.29 is 4.21 Å². The molecule has 4 bridgehead atoms. The Morgan fingerprint density at radius 3 is 2.35 bits per heavy atom. The maximum absolute atomic E-state index is 13.3. The molecule has 4 heteroatoms. The van der Waals surface area contributed by atoms with Crippen molar-refractivity contribution in [2.24, 2.45) is 17.8 Å². The minimum absolute atomic E-state index is 0.117. The van der Waals surface area contributed by atoms with Crippen molar-refractivity contribution in [2.75, 3.05) is 19.6 Å². The van der Waals surface area contributed by atoms with Gasteiger partial charge in [-0.05, 0) is 81.2 Å². The number of likely N-dealkylation sites (tertiary alicyclic amines) is 1. The fourth-order valence-electron chi connectivity index (χ4n) is 6.60. The van der Waals surface area contributed by atoms with Gasteiger partial charge in [0.05, 0.1) is 15.7 Å². The van der Waals surface area contributed by atoms with Crippen molar-refractivity contribution in [1.29, 1.82) is 0 Å². The first-order chi connectivity index (χ1) is 12.7. The summed E-state index contributed by atoms with van der Waals surface area (Å²) in [6.07, 6.45) is 10.2. The molecule has 0 aromatic heterocycles. The summed E-state index contributed by atoms with van der Waals surface area (Å²) in [4.78, 5) is 2.54. The molecule has 4 aliphatic carbocycles. The lowest BCUT2D eigenvalue weighted by Gasteiger charge is -2.56. The van der Waals surface area contributed by atoms with E-state index < -0.39 is 11.0 Å². The molecule has 1 saturated heterocycles. The standard InChI is InChI=1S/C22H32N2OS/c25-26(22-13-18-10-19(14-22)12-20(11-18)15-22)23-21-7-9-24(16-21)8-6-17-4-2-1-3-5-17/h1-5,18-21,23H,6-16H2/t18?,19?,20?,21-,22?,26?/m0/s1. The van der Waals surface area contributed by atoms with E-state index in [2.05, 4.69) is 40.0 Å². The van der Waals surface area contributed by atoms with Crippen LogP contribution < -0.4 is 4.72 Å². The van der Waals surface area contributed by atoms with Gasteiger partial charge in [0.1, 0.15) is 0 Å². The highest BCUT2D eigenvalue weighted by Crippen LogP contribution is 2.57. The Bertz CT molecular complexity index is 626. The Morgan fingerprint density at radius 1 is 1.04 bits per heavy atom. The summed E-state index contributed by atoms with van der Waals surface area (Å²) < 4.78 is 17.0. The van der Waals surface area contributed by atoms with Gasteiger partial charge in [-0.15, -0.1) is 0 Å². The summed E-state index contributed by atoms with van der Waals surface area (Å²) in [6, 6.07) is 11.2. The van der Waals surface area contributed by atoms with Gasteiger partial charge < -0.3 is 4.90 Å². The van der Waals surface area contributed by atoms with E-state index in [1.54, 1.807) is 0 Å². The summed E-state index contributed by atoms with van der Waals surface area (Å²) in [5.41, 5.74) is 1.42. The van der Waals surface area contributed by atoms with Gasteiger partial charge in [0, 0.05) is 19.1 Å². The Morgan fingerprint density at radius 2 is 1.69 bits per heavy atom. The van der Waals surface area contributed by atoms with Crippen LogP contribution in [0.4, 0.5) is 0 Å². The van der Waals surface area contributed by atoms with Crippen molar-refractivity contribution in [3.63, 3.8) is 0 Å². The van der Waals surface area contributed by atoms with Crippen LogP contribution in [-0.4, -0.2) is 39.5 Å². The lowest BCUT2D eigenvalue weighted by Crippen LogP contribution is -2.56. The van der Waals surface area contributed by atoms with E-state index in [1.165, 1.54) is 44.1 Å². The maximum atomic E-state index is 13.3. The monoisotopic (exact) mass is 372 g/mol. The third-order valence-electron chi connectivity index (χ3n) is 7.48. The van der Waals surface area contributed by atoms with E-state index in [4.69, 9.17) is 0 Å². The van der Waals surface area contributed by atoms with Gasteiger partial charge in [0.25, 0.3) is 0 Å². The van der Waals surface area contributed by atoms with Crippen molar-refractivity contribution in [1.82, 2.24) is 9.62 Å². The van der Waals surface area contributed by atoms with Gasteiger partial charge in [-0.3, -0.25) is 0 Å². The number of nitrogens with zero attached hydrogens (tertiary/aromatic N) is 1. The van der Waals surface area contributed by atoms with Crippen molar-refractivity contribution in [3.05, 3.63) is 35.9 Å². The van der Waals surface area contributed by atoms with Gasteiger partial charge in [-0.2, -0.15) is 0 Å². The molecule has 3 nitrogen and oxygen atoms in total. The van der Waals surface area contributed by atoms with Gasteiger partial charge in [0.2, 0.25) is 0 Å². The molecule has 1 unspecified atom stereocenters. The van der Waals surface area contributed by atoms with Crippen LogP contribution in [0.3, 0.4) is 0 Å². The fraction of sp³-hybridized carbons (Fsp3) is 0.727. The molecule has 142 valence electrons. The average Bonchev–Trinajstić information content (AvgIpc) is 3.07. The molecule has 2 atom stereocenters. The minimum atomic E-state index is -0.846. The van der Waals surface area contributed by atoms with Crippen molar-refractivity contribution in [2.45, 2.75) is 62.2 Å². The SMILES string of the molecule is O=S(N[C@H]1CCN(CCc2ccccc2)C1)C12CC3CC(CC(C3)C1)C2. The van der Waals surface area contributed by atoms with Gasteiger partial charge in [-0.25, -0.2) is 8.93 Å². The number of hydrogen-bond acceptors (Lipinski definition) is 2. The van der Waals surface area contributed by atoms with E-state index in [0.29, 0.717) is 6.04 Å². The molecule has 1 aromatic rings. The summed E-state index contributed by atoms with van der Waals surface area (Å²) >= 11 is 0. The van der Waals surface area contributed by atoms with E-state index in [1.807, 2.05) is 0 Å². The van der Waals surface area contributed by atoms with Crippen LogP contribution >= 0.6 is 0 Å². The largest absolute Gasteiger partial charge is 0.301 e. The second-order valence-electron chi connectivity index (χ2n) is 9.51. The summed E-state index contributed by atoms with van der Waals surface area (Å²) in [6.45, 7) is 3.32. The van der Waals surface area contributed by atoms with Crippen molar-refractivity contribution >= 4 is 11.0 Å². The molecule has 26 heavy (non-hydrogen) atoms. The maximum Gasteiger partial charge on any atom is 0.0982 e. The second kappa shape index (κ2) is 7.03. The number of rotatable bonds is 6. The number of nitrogens with one attached hydrogen (secondary N) is 1. The highest BCUT2D eigenvalue weighted by molar-refractivity contribution is 7.84. The smallest absolute Gasteiger partial charge is 0.0982 e. The number of hydrogen-bond donors (Lipinski definition) is 1. The molecule has 0 amide bonds. The Balaban J connectivity index is 1.14. The van der Waals surface area contributed by atoms with Crippen LogP contribution in [0.15, 0.2) is 30.3 Å². The molecule has 0 spiro atoms. The molecular weight excluding hydrogens is 340 g/mol. The summed E-state index contributed by atoms with van der Waals surface area (Å²) in [5, 5.41) is 0. The van der Waals surface area contributed by atoms with E-state index in [9.17, 15) is 4.21 Å². The zero-order valence-corrected chi connectivity index (χ0v) is 16.6. The lowest BCUT2D eigenvalue weighted by atomic mass is 9.56. The van der Waals surface area contributed by atoms with Crippen LogP contribution in [-0.2, 0) is 17.4 Å². The van der Waals surface area contributed by atoms with Crippen LogP contribution in [0.2, 0.25) is 0 Å².